The van der Waals surface area contributed by atoms with Gasteiger partial charge in [0.25, 0.3) is 5.91 Å². The van der Waals surface area contributed by atoms with Gasteiger partial charge in [-0.25, -0.2) is 9.78 Å². The highest BCUT2D eigenvalue weighted by Crippen LogP contribution is 2.19. The van der Waals surface area contributed by atoms with Gasteiger partial charge in [-0.2, -0.15) is 0 Å². The lowest BCUT2D eigenvalue weighted by atomic mass is 10.1. The van der Waals surface area contributed by atoms with Gasteiger partial charge in [0.2, 0.25) is 0 Å². The summed E-state index contributed by atoms with van der Waals surface area (Å²) >= 11 is 0. The molecule has 2 aromatic carbocycles. The van der Waals surface area contributed by atoms with E-state index in [1.54, 1.807) is 38.2 Å². The Balaban J connectivity index is 1.77. The third-order valence-electron chi connectivity index (χ3n) is 5.11. The van der Waals surface area contributed by atoms with E-state index in [1.165, 1.54) is 10.5 Å². The summed E-state index contributed by atoms with van der Waals surface area (Å²) in [6.07, 6.45) is 0. The SMILES string of the molecule is Cc1ccc(NC(=O)N(C)Cc2nc3cc(C(=O)N(C)C)ccc3n2C)cc1C. The summed E-state index contributed by atoms with van der Waals surface area (Å²) in [5.41, 5.74) is 5.32. The second-order valence-electron chi connectivity index (χ2n) is 7.58. The quantitative estimate of drug-likeness (QED) is 0.737. The number of carbonyl (C=O) groups excluding carboxylic acids is 2. The third kappa shape index (κ3) is 4.23. The standard InChI is InChI=1S/C22H27N5O2/c1-14-7-9-17(11-15(14)2)23-22(29)26(5)13-20-24-18-12-16(21(28)25(3)4)8-10-19(18)27(20)6/h7-12H,13H2,1-6H3,(H,23,29). The van der Waals surface area contributed by atoms with E-state index in [9.17, 15) is 9.59 Å². The predicted octanol–water partition coefficient (Wildman–Crippen LogP) is 3.56. The van der Waals surface area contributed by atoms with E-state index in [0.29, 0.717) is 12.1 Å². The Kier molecular flexibility index (Phi) is 5.59. The highest BCUT2D eigenvalue weighted by molar-refractivity contribution is 5.97. The number of anilines is 1. The summed E-state index contributed by atoms with van der Waals surface area (Å²) in [5.74, 6) is 0.677. The van der Waals surface area contributed by atoms with Gasteiger partial charge >= 0.3 is 6.03 Å². The molecule has 7 heteroatoms. The molecule has 0 spiro atoms. The van der Waals surface area contributed by atoms with Crippen LogP contribution in [0.5, 0.6) is 0 Å². The maximum Gasteiger partial charge on any atom is 0.321 e. The average molecular weight is 393 g/mol. The van der Waals surface area contributed by atoms with Crippen molar-refractivity contribution in [2.24, 2.45) is 7.05 Å². The molecular weight excluding hydrogens is 366 g/mol. The highest BCUT2D eigenvalue weighted by Gasteiger charge is 2.16. The number of rotatable bonds is 4. The molecule has 0 fully saturated rings. The van der Waals surface area contributed by atoms with Gasteiger partial charge < -0.3 is 19.7 Å². The van der Waals surface area contributed by atoms with Crippen molar-refractivity contribution in [2.75, 3.05) is 26.5 Å². The van der Waals surface area contributed by atoms with Crippen molar-refractivity contribution in [1.29, 1.82) is 0 Å². The van der Waals surface area contributed by atoms with Crippen LogP contribution in [0.25, 0.3) is 11.0 Å². The Morgan fingerprint density at radius 2 is 1.76 bits per heavy atom. The molecule has 7 nitrogen and oxygen atoms in total. The second-order valence-corrected chi connectivity index (χ2v) is 7.58. The molecule has 0 unspecified atom stereocenters. The number of fused-ring (bicyclic) bond motifs is 1. The number of hydrogen-bond donors (Lipinski definition) is 1. The summed E-state index contributed by atoms with van der Waals surface area (Å²) in [5, 5.41) is 2.92. The largest absolute Gasteiger partial charge is 0.345 e. The van der Waals surface area contributed by atoms with Crippen molar-refractivity contribution in [3.8, 4) is 0 Å². The average Bonchev–Trinajstić information content (AvgIpc) is 2.98. The maximum atomic E-state index is 12.6. The summed E-state index contributed by atoms with van der Waals surface area (Å²) in [6, 6.07) is 11.1. The Bertz CT molecular complexity index is 1080. The van der Waals surface area contributed by atoms with E-state index in [2.05, 4.69) is 10.3 Å². The molecule has 3 amide bonds. The molecule has 0 bridgehead atoms. The smallest absolute Gasteiger partial charge is 0.321 e. The van der Waals surface area contributed by atoms with Crippen LogP contribution in [0.1, 0.15) is 27.3 Å². The van der Waals surface area contributed by atoms with Crippen molar-refractivity contribution in [3.63, 3.8) is 0 Å². The van der Waals surface area contributed by atoms with Crippen LogP contribution in [0.4, 0.5) is 10.5 Å². The molecule has 0 atom stereocenters. The van der Waals surface area contributed by atoms with Crippen LogP contribution in [0.3, 0.4) is 0 Å². The van der Waals surface area contributed by atoms with Crippen LogP contribution < -0.4 is 5.32 Å². The number of aromatic nitrogens is 2. The first-order chi connectivity index (χ1) is 13.7. The number of hydrogen-bond acceptors (Lipinski definition) is 3. The number of imidazole rings is 1. The van der Waals surface area contributed by atoms with Crippen molar-refractivity contribution >= 4 is 28.7 Å². The van der Waals surface area contributed by atoms with Gasteiger partial charge in [0.05, 0.1) is 17.6 Å². The van der Waals surface area contributed by atoms with Crippen LogP contribution in [0, 0.1) is 13.8 Å². The molecule has 152 valence electrons. The maximum absolute atomic E-state index is 12.6. The van der Waals surface area contributed by atoms with E-state index in [4.69, 9.17) is 0 Å². The van der Waals surface area contributed by atoms with Crippen LogP contribution in [0.15, 0.2) is 36.4 Å². The molecule has 0 radical (unpaired) electrons. The van der Waals surface area contributed by atoms with E-state index in [-0.39, 0.29) is 11.9 Å². The number of urea groups is 1. The van der Waals surface area contributed by atoms with Gasteiger partial charge in [-0.3, -0.25) is 4.79 Å². The third-order valence-corrected chi connectivity index (χ3v) is 5.11. The Hall–Kier alpha value is -3.35. The minimum atomic E-state index is -0.205. The summed E-state index contributed by atoms with van der Waals surface area (Å²) in [4.78, 5) is 32.5. The van der Waals surface area contributed by atoms with Crippen molar-refractivity contribution in [2.45, 2.75) is 20.4 Å². The van der Waals surface area contributed by atoms with Gasteiger partial charge in [-0.15, -0.1) is 0 Å². The second kappa shape index (κ2) is 7.95. The summed E-state index contributed by atoms with van der Waals surface area (Å²) in [6.45, 7) is 4.40. The van der Waals surface area contributed by atoms with Gasteiger partial charge in [-0.1, -0.05) is 6.07 Å². The van der Waals surface area contributed by atoms with E-state index in [1.807, 2.05) is 49.7 Å². The van der Waals surface area contributed by atoms with E-state index in [0.717, 1.165) is 28.1 Å². The lowest BCUT2D eigenvalue weighted by Crippen LogP contribution is -2.31. The summed E-state index contributed by atoms with van der Waals surface area (Å²) < 4.78 is 1.94. The van der Waals surface area contributed by atoms with Crippen molar-refractivity contribution < 1.29 is 9.59 Å². The van der Waals surface area contributed by atoms with Crippen LogP contribution in [-0.4, -0.2) is 52.4 Å². The Morgan fingerprint density at radius 1 is 1.03 bits per heavy atom. The number of aryl methyl sites for hydroxylation is 3. The fourth-order valence-corrected chi connectivity index (χ4v) is 3.10. The lowest BCUT2D eigenvalue weighted by Gasteiger charge is -2.18. The molecule has 0 aliphatic carbocycles. The molecule has 3 aromatic rings. The minimum Gasteiger partial charge on any atom is -0.345 e. The monoisotopic (exact) mass is 393 g/mol. The normalized spacial score (nSPS) is 10.8. The van der Waals surface area contributed by atoms with Crippen LogP contribution >= 0.6 is 0 Å². The van der Waals surface area contributed by atoms with Gasteiger partial charge in [0.15, 0.2) is 0 Å². The highest BCUT2D eigenvalue weighted by atomic mass is 16.2. The fraction of sp³-hybridized carbons (Fsp3) is 0.318. The van der Waals surface area contributed by atoms with Gasteiger partial charge in [-0.05, 0) is 55.3 Å². The molecule has 1 aromatic heterocycles. The summed E-state index contributed by atoms with van der Waals surface area (Å²) in [7, 11) is 7.09. The van der Waals surface area contributed by atoms with E-state index >= 15 is 0 Å². The zero-order valence-electron chi connectivity index (χ0n) is 17.8. The first-order valence-corrected chi connectivity index (χ1v) is 9.43. The van der Waals surface area contributed by atoms with Gasteiger partial charge in [0, 0.05) is 39.4 Å². The molecule has 0 aliphatic heterocycles. The number of nitrogens with zero attached hydrogens (tertiary/aromatic N) is 4. The topological polar surface area (TPSA) is 70.5 Å². The minimum absolute atomic E-state index is 0.0657. The molecule has 1 heterocycles. The molecule has 0 saturated carbocycles. The Labute approximate surface area is 170 Å². The fourth-order valence-electron chi connectivity index (χ4n) is 3.10. The zero-order chi connectivity index (χ0) is 21.3. The zero-order valence-corrected chi connectivity index (χ0v) is 17.8. The molecule has 0 aliphatic rings. The van der Waals surface area contributed by atoms with Crippen molar-refractivity contribution in [3.05, 3.63) is 58.9 Å². The number of benzene rings is 2. The van der Waals surface area contributed by atoms with Crippen LogP contribution in [0.2, 0.25) is 0 Å². The number of amides is 3. The first kappa shape index (κ1) is 20.4. The number of nitrogens with one attached hydrogen (secondary N) is 1. The first-order valence-electron chi connectivity index (χ1n) is 9.43. The molecule has 29 heavy (non-hydrogen) atoms. The molecule has 1 N–H and O–H groups in total. The molecule has 3 rings (SSSR count). The number of carbonyl (C=O) groups is 2. The molecule has 0 saturated heterocycles. The lowest BCUT2D eigenvalue weighted by molar-refractivity contribution is 0.0827. The van der Waals surface area contributed by atoms with Crippen molar-refractivity contribution in [1.82, 2.24) is 19.4 Å². The predicted molar refractivity (Wildman–Crippen MR) is 115 cm³/mol. The Morgan fingerprint density at radius 3 is 2.41 bits per heavy atom. The van der Waals surface area contributed by atoms with Gasteiger partial charge in [0.1, 0.15) is 5.82 Å². The molecular formula is C22H27N5O2. The van der Waals surface area contributed by atoms with E-state index < -0.39 is 0 Å². The van der Waals surface area contributed by atoms with Crippen LogP contribution in [-0.2, 0) is 13.6 Å².